The molecule has 0 unspecified atom stereocenters. The summed E-state index contributed by atoms with van der Waals surface area (Å²) in [5.41, 5.74) is 1.70. The Balaban J connectivity index is 2.40. The Morgan fingerprint density at radius 2 is 1.94 bits per heavy atom. The first-order valence-electron chi connectivity index (χ1n) is 6.10. The van der Waals surface area contributed by atoms with Crippen molar-refractivity contribution in [3.63, 3.8) is 0 Å². The molecule has 1 aromatic heterocycles. The zero-order valence-corrected chi connectivity index (χ0v) is 13.4. The van der Waals surface area contributed by atoms with Crippen LogP contribution in [0.2, 0.25) is 0 Å². The number of halogens is 2. The molecule has 0 atom stereocenters. The number of rotatable bonds is 4. The van der Waals surface area contributed by atoms with Crippen LogP contribution in [0.1, 0.15) is 31.9 Å². The summed E-state index contributed by atoms with van der Waals surface area (Å²) in [4.78, 5) is 4.56. The van der Waals surface area contributed by atoms with Gasteiger partial charge in [0.2, 0.25) is 0 Å². The number of pyridine rings is 1. The van der Waals surface area contributed by atoms with Crippen LogP contribution in [-0.2, 0) is 6.42 Å². The average Bonchev–Trinajstić information content (AvgIpc) is 2.36. The Morgan fingerprint density at radius 3 is 2.67 bits per heavy atom. The Hall–Kier alpha value is -0.610. The van der Waals surface area contributed by atoms with Crippen molar-refractivity contribution >= 4 is 42.8 Å². The highest BCUT2D eigenvalue weighted by molar-refractivity contribution is 9.11. The summed E-state index contributed by atoms with van der Waals surface area (Å²) in [7, 11) is 0. The molecule has 0 fully saturated rings. The van der Waals surface area contributed by atoms with Crippen LogP contribution >= 0.6 is 31.9 Å². The minimum Gasteiger partial charge on any atom is -0.505 e. The molecule has 1 heterocycles. The molecule has 2 nitrogen and oxygen atoms in total. The van der Waals surface area contributed by atoms with Gasteiger partial charge >= 0.3 is 0 Å². The lowest BCUT2D eigenvalue weighted by atomic mass is 10.1. The Morgan fingerprint density at radius 1 is 1.17 bits per heavy atom. The fourth-order valence-corrected chi connectivity index (χ4v) is 3.21. The summed E-state index contributed by atoms with van der Waals surface area (Å²) in [5, 5.41) is 11.0. The molecule has 0 aliphatic heterocycles. The van der Waals surface area contributed by atoms with Crippen LogP contribution in [-0.4, -0.2) is 10.1 Å². The first-order valence-corrected chi connectivity index (χ1v) is 7.68. The minimum atomic E-state index is 0.213. The van der Waals surface area contributed by atoms with Gasteiger partial charge in [-0.25, -0.2) is 4.98 Å². The highest BCUT2D eigenvalue weighted by Crippen LogP contribution is 2.36. The van der Waals surface area contributed by atoms with E-state index in [1.165, 1.54) is 12.8 Å². The van der Waals surface area contributed by atoms with E-state index in [-0.39, 0.29) is 5.75 Å². The Labute approximate surface area is 124 Å². The number of hydrogen-bond donors (Lipinski definition) is 1. The molecule has 0 saturated carbocycles. The molecule has 4 heteroatoms. The minimum absolute atomic E-state index is 0.213. The first-order chi connectivity index (χ1) is 8.63. The summed E-state index contributed by atoms with van der Waals surface area (Å²) in [6.07, 6.45) is 4.53. The van der Waals surface area contributed by atoms with Crippen LogP contribution < -0.4 is 0 Å². The van der Waals surface area contributed by atoms with Crippen molar-refractivity contribution in [2.45, 2.75) is 32.6 Å². The molecule has 0 bridgehead atoms. The normalized spacial score (nSPS) is 11.1. The highest BCUT2D eigenvalue weighted by atomic mass is 79.9. The topological polar surface area (TPSA) is 33.1 Å². The molecule has 0 radical (unpaired) electrons. The van der Waals surface area contributed by atoms with Gasteiger partial charge in [-0.05, 0) is 47.0 Å². The van der Waals surface area contributed by atoms with E-state index in [1.807, 2.05) is 18.2 Å². The number of phenols is 1. The third-order valence-corrected chi connectivity index (χ3v) is 4.21. The maximum atomic E-state index is 10.0. The van der Waals surface area contributed by atoms with Gasteiger partial charge in [0.15, 0.2) is 5.75 Å². The highest BCUT2D eigenvalue weighted by Gasteiger charge is 2.10. The number of aryl methyl sites for hydroxylation is 1. The van der Waals surface area contributed by atoms with Gasteiger partial charge in [0.05, 0.1) is 4.47 Å². The van der Waals surface area contributed by atoms with Crippen molar-refractivity contribution in [1.29, 1.82) is 0 Å². The van der Waals surface area contributed by atoms with Gasteiger partial charge in [0, 0.05) is 15.6 Å². The SMILES string of the molecule is CCCCCc1ccc2c(Br)cc(Br)c(O)c2n1. The van der Waals surface area contributed by atoms with Crippen molar-refractivity contribution in [1.82, 2.24) is 4.98 Å². The van der Waals surface area contributed by atoms with Crippen molar-refractivity contribution in [3.8, 4) is 5.75 Å². The number of benzene rings is 1. The molecule has 0 amide bonds. The zero-order chi connectivity index (χ0) is 13.1. The molecule has 2 rings (SSSR count). The van der Waals surface area contributed by atoms with Crippen molar-refractivity contribution in [2.24, 2.45) is 0 Å². The molecule has 2 aromatic rings. The van der Waals surface area contributed by atoms with E-state index in [0.29, 0.717) is 9.99 Å². The van der Waals surface area contributed by atoms with E-state index in [9.17, 15) is 5.11 Å². The van der Waals surface area contributed by atoms with E-state index in [1.54, 1.807) is 0 Å². The third-order valence-electron chi connectivity index (χ3n) is 2.95. The van der Waals surface area contributed by atoms with Crippen LogP contribution in [0.3, 0.4) is 0 Å². The molecule has 18 heavy (non-hydrogen) atoms. The molecule has 96 valence electrons. The molecule has 1 N–H and O–H groups in total. The fourth-order valence-electron chi connectivity index (χ4n) is 1.94. The third kappa shape index (κ3) is 2.86. The number of phenolic OH excluding ortho intramolecular Hbond substituents is 1. The van der Waals surface area contributed by atoms with Gasteiger partial charge in [0.1, 0.15) is 5.52 Å². The second-order valence-corrected chi connectivity index (χ2v) is 6.05. The first kappa shape index (κ1) is 13.8. The van der Waals surface area contributed by atoms with E-state index < -0.39 is 0 Å². The van der Waals surface area contributed by atoms with Crippen molar-refractivity contribution in [3.05, 3.63) is 32.8 Å². The van der Waals surface area contributed by atoms with E-state index in [2.05, 4.69) is 43.8 Å². The molecule has 0 saturated heterocycles. The summed E-state index contributed by atoms with van der Waals surface area (Å²) in [5.74, 6) is 0.213. The van der Waals surface area contributed by atoms with Crippen LogP contribution in [0, 0.1) is 0 Å². The number of nitrogens with zero attached hydrogens (tertiary/aromatic N) is 1. The van der Waals surface area contributed by atoms with Crippen LogP contribution in [0.4, 0.5) is 0 Å². The van der Waals surface area contributed by atoms with Gasteiger partial charge in [-0.15, -0.1) is 0 Å². The van der Waals surface area contributed by atoms with Gasteiger partial charge in [-0.2, -0.15) is 0 Å². The summed E-state index contributed by atoms with van der Waals surface area (Å²) in [6, 6.07) is 5.89. The Kier molecular flexibility index (Phi) is 4.62. The number of hydrogen-bond acceptors (Lipinski definition) is 2. The van der Waals surface area contributed by atoms with E-state index in [0.717, 1.165) is 28.4 Å². The predicted molar refractivity (Wildman–Crippen MR) is 82.0 cm³/mol. The molecule has 0 spiro atoms. The van der Waals surface area contributed by atoms with Crippen molar-refractivity contribution in [2.75, 3.05) is 0 Å². The summed E-state index contributed by atoms with van der Waals surface area (Å²) in [6.45, 7) is 2.19. The van der Waals surface area contributed by atoms with E-state index >= 15 is 0 Å². The lowest BCUT2D eigenvalue weighted by Gasteiger charge is -2.07. The zero-order valence-electron chi connectivity index (χ0n) is 10.2. The van der Waals surface area contributed by atoms with Crippen LogP contribution in [0.15, 0.2) is 27.1 Å². The van der Waals surface area contributed by atoms with E-state index in [4.69, 9.17) is 0 Å². The fraction of sp³-hybridized carbons (Fsp3) is 0.357. The maximum Gasteiger partial charge on any atom is 0.156 e. The number of unbranched alkanes of at least 4 members (excludes halogenated alkanes) is 2. The van der Waals surface area contributed by atoms with Crippen molar-refractivity contribution < 1.29 is 5.11 Å². The summed E-state index contributed by atoms with van der Waals surface area (Å²) < 4.78 is 1.61. The Bertz CT molecular complexity index is 569. The lowest BCUT2D eigenvalue weighted by Crippen LogP contribution is -1.92. The smallest absolute Gasteiger partial charge is 0.156 e. The molecule has 1 aromatic carbocycles. The molecular formula is C14H15Br2NO. The number of aromatic nitrogens is 1. The maximum absolute atomic E-state index is 10.0. The van der Waals surface area contributed by atoms with Crippen LogP contribution in [0.25, 0.3) is 10.9 Å². The van der Waals surface area contributed by atoms with Gasteiger partial charge in [0.25, 0.3) is 0 Å². The van der Waals surface area contributed by atoms with Gasteiger partial charge in [-0.3, -0.25) is 0 Å². The largest absolute Gasteiger partial charge is 0.505 e. The van der Waals surface area contributed by atoms with Crippen LogP contribution in [0.5, 0.6) is 5.75 Å². The predicted octanol–water partition coefficient (Wildman–Crippen LogP) is 5.20. The number of fused-ring (bicyclic) bond motifs is 1. The second kappa shape index (κ2) is 6.02. The quantitative estimate of drug-likeness (QED) is 0.748. The lowest BCUT2D eigenvalue weighted by molar-refractivity contribution is 0.477. The molecule has 0 aliphatic rings. The second-order valence-electron chi connectivity index (χ2n) is 4.34. The van der Waals surface area contributed by atoms with Gasteiger partial charge in [-0.1, -0.05) is 35.7 Å². The molecular weight excluding hydrogens is 358 g/mol. The summed E-state index contributed by atoms with van der Waals surface area (Å²) >= 11 is 6.82. The number of aromatic hydroxyl groups is 1. The standard InChI is InChI=1S/C14H15Br2NO/c1-2-3-4-5-9-6-7-10-11(15)8-12(16)14(18)13(10)17-9/h6-8,18H,2-5H2,1H3. The average molecular weight is 373 g/mol. The monoisotopic (exact) mass is 371 g/mol. The molecule has 0 aliphatic carbocycles. The van der Waals surface area contributed by atoms with Gasteiger partial charge < -0.3 is 5.11 Å².